The maximum atomic E-state index is 12.2. The van der Waals surface area contributed by atoms with Crippen LogP contribution in [0.4, 0.5) is 0 Å². The Kier molecular flexibility index (Phi) is 4.66. The minimum Gasteiger partial charge on any atom is -0.481 e. The number of ether oxygens (including phenoxy) is 2. The van der Waals surface area contributed by atoms with Crippen LogP contribution in [0.2, 0.25) is 5.02 Å². The van der Waals surface area contributed by atoms with E-state index in [1.54, 1.807) is 36.1 Å². The highest BCUT2D eigenvalue weighted by molar-refractivity contribution is 6.30. The molecule has 1 aromatic carbocycles. The topological polar surface area (TPSA) is 38.8 Å². The predicted octanol–water partition coefficient (Wildman–Crippen LogP) is 2.35. The molecule has 2 rings (SSSR count). The molecule has 2 unspecified atom stereocenters. The summed E-state index contributed by atoms with van der Waals surface area (Å²) in [6.45, 7) is 5.52. The zero-order valence-corrected chi connectivity index (χ0v) is 11.9. The molecule has 4 nitrogen and oxygen atoms in total. The van der Waals surface area contributed by atoms with Crippen LogP contribution in [0.25, 0.3) is 0 Å². The molecular formula is C14H18ClNO3. The van der Waals surface area contributed by atoms with E-state index in [9.17, 15) is 4.79 Å². The van der Waals surface area contributed by atoms with E-state index in [0.29, 0.717) is 30.5 Å². The van der Waals surface area contributed by atoms with E-state index in [0.717, 1.165) is 0 Å². The molecule has 5 heteroatoms. The number of benzene rings is 1. The van der Waals surface area contributed by atoms with Crippen molar-refractivity contribution in [1.82, 2.24) is 4.90 Å². The number of carbonyl (C=O) groups excluding carboxylic acids is 1. The van der Waals surface area contributed by atoms with Crippen molar-refractivity contribution in [3.8, 4) is 5.75 Å². The van der Waals surface area contributed by atoms with Gasteiger partial charge in [-0.2, -0.15) is 0 Å². The predicted molar refractivity (Wildman–Crippen MR) is 73.5 cm³/mol. The monoisotopic (exact) mass is 283 g/mol. The number of morpholine rings is 1. The number of halogens is 1. The second-order valence-corrected chi connectivity index (χ2v) is 5.12. The molecule has 0 aliphatic carbocycles. The van der Waals surface area contributed by atoms with Crippen molar-refractivity contribution in [3.63, 3.8) is 0 Å². The fourth-order valence-corrected chi connectivity index (χ4v) is 2.25. The Morgan fingerprint density at radius 3 is 3.05 bits per heavy atom. The van der Waals surface area contributed by atoms with Crippen molar-refractivity contribution in [3.05, 3.63) is 29.3 Å². The van der Waals surface area contributed by atoms with Crippen LogP contribution in [-0.2, 0) is 9.53 Å². The van der Waals surface area contributed by atoms with Gasteiger partial charge in [-0.3, -0.25) is 4.79 Å². The lowest BCUT2D eigenvalue weighted by Crippen LogP contribution is -2.49. The van der Waals surface area contributed by atoms with Gasteiger partial charge in [0.1, 0.15) is 5.75 Å². The molecular weight excluding hydrogens is 266 g/mol. The fourth-order valence-electron chi connectivity index (χ4n) is 2.07. The molecule has 104 valence electrons. The van der Waals surface area contributed by atoms with Gasteiger partial charge in [-0.05, 0) is 32.0 Å². The number of amides is 1. The largest absolute Gasteiger partial charge is 0.481 e. The summed E-state index contributed by atoms with van der Waals surface area (Å²) in [6.07, 6.45) is -0.445. The van der Waals surface area contributed by atoms with E-state index in [2.05, 4.69) is 0 Å². The molecule has 0 N–H and O–H groups in total. The van der Waals surface area contributed by atoms with Gasteiger partial charge in [-0.1, -0.05) is 17.7 Å². The Hall–Kier alpha value is -1.26. The van der Waals surface area contributed by atoms with Gasteiger partial charge >= 0.3 is 0 Å². The third-order valence-electron chi connectivity index (χ3n) is 3.01. The quantitative estimate of drug-likeness (QED) is 0.855. The molecule has 0 saturated carbocycles. The van der Waals surface area contributed by atoms with E-state index in [4.69, 9.17) is 21.1 Å². The molecule has 1 amide bonds. The summed E-state index contributed by atoms with van der Waals surface area (Å²) in [5.41, 5.74) is 0. The van der Waals surface area contributed by atoms with Gasteiger partial charge in [0.15, 0.2) is 6.10 Å². The second kappa shape index (κ2) is 6.26. The summed E-state index contributed by atoms with van der Waals surface area (Å²) in [4.78, 5) is 14.0. The summed E-state index contributed by atoms with van der Waals surface area (Å²) in [6, 6.07) is 7.06. The average molecular weight is 284 g/mol. The molecule has 1 saturated heterocycles. The molecule has 1 aliphatic rings. The van der Waals surface area contributed by atoms with Crippen LogP contribution in [0.15, 0.2) is 24.3 Å². The van der Waals surface area contributed by atoms with Crippen molar-refractivity contribution in [2.45, 2.75) is 26.1 Å². The number of hydrogen-bond acceptors (Lipinski definition) is 3. The summed E-state index contributed by atoms with van der Waals surface area (Å²) in [5.74, 6) is 0.588. The highest BCUT2D eigenvalue weighted by Crippen LogP contribution is 2.19. The number of hydrogen-bond donors (Lipinski definition) is 0. The van der Waals surface area contributed by atoms with E-state index in [1.807, 2.05) is 6.92 Å². The smallest absolute Gasteiger partial charge is 0.263 e. The van der Waals surface area contributed by atoms with Gasteiger partial charge < -0.3 is 14.4 Å². The molecule has 1 heterocycles. The highest BCUT2D eigenvalue weighted by atomic mass is 35.5. The Bertz CT molecular complexity index is 452. The number of carbonyl (C=O) groups is 1. The number of nitrogens with zero attached hydrogens (tertiary/aromatic N) is 1. The Morgan fingerprint density at radius 2 is 2.37 bits per heavy atom. The van der Waals surface area contributed by atoms with Crippen LogP contribution < -0.4 is 4.74 Å². The Labute approximate surface area is 118 Å². The highest BCUT2D eigenvalue weighted by Gasteiger charge is 2.26. The van der Waals surface area contributed by atoms with Crippen LogP contribution >= 0.6 is 11.6 Å². The fraction of sp³-hybridized carbons (Fsp3) is 0.500. The van der Waals surface area contributed by atoms with Crippen molar-refractivity contribution in [2.75, 3.05) is 19.7 Å². The van der Waals surface area contributed by atoms with Crippen molar-refractivity contribution in [1.29, 1.82) is 0 Å². The Morgan fingerprint density at radius 1 is 1.58 bits per heavy atom. The van der Waals surface area contributed by atoms with Crippen molar-refractivity contribution < 1.29 is 14.3 Å². The maximum absolute atomic E-state index is 12.2. The first-order valence-electron chi connectivity index (χ1n) is 6.39. The molecule has 1 aromatic rings. The molecule has 2 atom stereocenters. The first-order valence-corrected chi connectivity index (χ1v) is 6.76. The van der Waals surface area contributed by atoms with Gasteiger partial charge in [-0.25, -0.2) is 0 Å². The zero-order chi connectivity index (χ0) is 13.8. The third kappa shape index (κ3) is 3.85. The first-order chi connectivity index (χ1) is 9.06. The molecule has 0 bridgehead atoms. The Balaban J connectivity index is 1.95. The molecule has 0 aromatic heterocycles. The molecule has 1 aliphatic heterocycles. The van der Waals surface area contributed by atoms with Crippen LogP contribution in [0, 0.1) is 0 Å². The van der Waals surface area contributed by atoms with Crippen LogP contribution in [0.5, 0.6) is 5.75 Å². The summed E-state index contributed by atoms with van der Waals surface area (Å²) in [7, 11) is 0. The van der Waals surface area contributed by atoms with Crippen LogP contribution in [-0.4, -0.2) is 42.7 Å². The van der Waals surface area contributed by atoms with Gasteiger partial charge in [0.25, 0.3) is 5.91 Å². The minimum atomic E-state index is -0.524. The normalized spacial score (nSPS) is 21.0. The summed E-state index contributed by atoms with van der Waals surface area (Å²) < 4.78 is 11.0. The van der Waals surface area contributed by atoms with E-state index < -0.39 is 6.10 Å². The zero-order valence-electron chi connectivity index (χ0n) is 11.1. The van der Waals surface area contributed by atoms with Gasteiger partial charge in [0.2, 0.25) is 0 Å². The molecule has 19 heavy (non-hydrogen) atoms. The lowest BCUT2D eigenvalue weighted by Gasteiger charge is -2.32. The first kappa shape index (κ1) is 14.2. The van der Waals surface area contributed by atoms with E-state index in [1.165, 1.54) is 0 Å². The SMILES string of the molecule is CC1CN(C(=O)C(C)Oc2cccc(Cl)c2)CCO1. The van der Waals surface area contributed by atoms with Gasteiger partial charge in [0.05, 0.1) is 12.7 Å². The second-order valence-electron chi connectivity index (χ2n) is 4.68. The minimum absolute atomic E-state index is 0.0184. The molecule has 0 spiro atoms. The van der Waals surface area contributed by atoms with E-state index >= 15 is 0 Å². The summed E-state index contributed by atoms with van der Waals surface area (Å²) >= 11 is 5.88. The third-order valence-corrected chi connectivity index (χ3v) is 3.24. The van der Waals surface area contributed by atoms with Crippen molar-refractivity contribution >= 4 is 17.5 Å². The average Bonchev–Trinajstić information content (AvgIpc) is 2.38. The van der Waals surface area contributed by atoms with Gasteiger partial charge in [-0.15, -0.1) is 0 Å². The lowest BCUT2D eigenvalue weighted by molar-refractivity contribution is -0.144. The summed E-state index contributed by atoms with van der Waals surface area (Å²) in [5, 5.41) is 0.595. The number of rotatable bonds is 3. The lowest BCUT2D eigenvalue weighted by atomic mass is 10.2. The molecule has 1 fully saturated rings. The van der Waals surface area contributed by atoms with Crippen molar-refractivity contribution in [2.24, 2.45) is 0 Å². The van der Waals surface area contributed by atoms with Crippen LogP contribution in [0.3, 0.4) is 0 Å². The molecule has 0 radical (unpaired) electrons. The van der Waals surface area contributed by atoms with E-state index in [-0.39, 0.29) is 12.0 Å². The van der Waals surface area contributed by atoms with Gasteiger partial charge in [0, 0.05) is 18.1 Å². The van der Waals surface area contributed by atoms with Crippen LogP contribution in [0.1, 0.15) is 13.8 Å². The maximum Gasteiger partial charge on any atom is 0.263 e. The standard InChI is InChI=1S/C14H18ClNO3/c1-10-9-16(6-7-18-10)14(17)11(2)19-13-5-3-4-12(15)8-13/h3-5,8,10-11H,6-7,9H2,1-2H3.